The van der Waals surface area contributed by atoms with Gasteiger partial charge in [-0.25, -0.2) is 0 Å². The van der Waals surface area contributed by atoms with Crippen LogP contribution in [0.3, 0.4) is 0 Å². The summed E-state index contributed by atoms with van der Waals surface area (Å²) < 4.78 is 5.94. The number of hydrogen-bond acceptors (Lipinski definition) is 3. The van der Waals surface area contributed by atoms with Gasteiger partial charge in [-0.05, 0) is 19.8 Å². The summed E-state index contributed by atoms with van der Waals surface area (Å²) >= 11 is 12.1. The number of halogens is 2. The summed E-state index contributed by atoms with van der Waals surface area (Å²) in [6, 6.07) is 0. The van der Waals surface area contributed by atoms with Crippen molar-refractivity contribution in [2.75, 3.05) is 0 Å². The number of hydrogen-bond donors (Lipinski definition) is 0. The molecule has 3 nitrogen and oxygen atoms in total. The van der Waals surface area contributed by atoms with Crippen LogP contribution in [0, 0.1) is 0 Å². The molecule has 15 heavy (non-hydrogen) atoms. The van der Waals surface area contributed by atoms with Crippen LogP contribution in [0.5, 0.6) is 0 Å². The van der Waals surface area contributed by atoms with Crippen molar-refractivity contribution in [3.05, 3.63) is 21.4 Å². The molecule has 1 aromatic rings. The van der Waals surface area contributed by atoms with Gasteiger partial charge in [-0.3, -0.25) is 0 Å². The summed E-state index contributed by atoms with van der Waals surface area (Å²) in [4.78, 5) is 0. The molecular weight excluding hydrogens is 235 g/mol. The van der Waals surface area contributed by atoms with Gasteiger partial charge in [0.15, 0.2) is 10.3 Å². The van der Waals surface area contributed by atoms with Crippen molar-refractivity contribution in [3.8, 4) is 0 Å². The lowest BCUT2D eigenvalue weighted by atomic mass is 9.96. The van der Waals surface area contributed by atoms with Crippen LogP contribution in [0.25, 0.3) is 0 Å². The molecule has 3 rings (SSSR count). The van der Waals surface area contributed by atoms with E-state index in [9.17, 15) is 0 Å². The van der Waals surface area contributed by atoms with E-state index in [4.69, 9.17) is 27.9 Å². The summed E-state index contributed by atoms with van der Waals surface area (Å²) in [5.41, 5.74) is 1.95. The minimum Gasteiger partial charge on any atom is -0.367 e. The van der Waals surface area contributed by atoms with E-state index in [1.165, 1.54) is 0 Å². The highest BCUT2D eigenvalue weighted by Crippen LogP contribution is 2.51. The van der Waals surface area contributed by atoms with Crippen LogP contribution in [-0.2, 0) is 11.2 Å². The first-order chi connectivity index (χ1) is 7.11. The van der Waals surface area contributed by atoms with Gasteiger partial charge in [0, 0.05) is 17.5 Å². The normalized spacial score (nSPS) is 26.5. The lowest BCUT2D eigenvalue weighted by molar-refractivity contribution is -0.0344. The van der Waals surface area contributed by atoms with E-state index in [-0.39, 0.29) is 11.7 Å². The minimum atomic E-state index is -0.0308. The van der Waals surface area contributed by atoms with Crippen molar-refractivity contribution in [1.82, 2.24) is 10.2 Å². The molecule has 5 heteroatoms. The van der Waals surface area contributed by atoms with Gasteiger partial charge in [0.2, 0.25) is 0 Å². The Bertz CT molecular complexity index is 432. The molecule has 2 heterocycles. The lowest BCUT2D eigenvalue weighted by Gasteiger charge is -2.30. The fourth-order valence-corrected chi connectivity index (χ4v) is 2.76. The van der Waals surface area contributed by atoms with Crippen molar-refractivity contribution in [3.63, 3.8) is 0 Å². The Balaban J connectivity index is 2.15. The first-order valence-electron chi connectivity index (χ1n) is 5.00. The number of ether oxygens (including phenoxy) is 1. The predicted molar refractivity (Wildman–Crippen MR) is 57.2 cm³/mol. The zero-order valence-electron chi connectivity index (χ0n) is 8.26. The molecule has 0 radical (unpaired) electrons. The zero-order chi connectivity index (χ0) is 10.6. The molecule has 1 fully saturated rings. The average molecular weight is 245 g/mol. The molecule has 1 atom stereocenters. The third kappa shape index (κ3) is 1.45. The molecule has 2 aliphatic rings. The van der Waals surface area contributed by atoms with Crippen molar-refractivity contribution in [2.24, 2.45) is 0 Å². The topological polar surface area (TPSA) is 35.0 Å². The summed E-state index contributed by atoms with van der Waals surface area (Å²) in [6.07, 6.45) is 3.00. The first-order valence-corrected chi connectivity index (χ1v) is 5.75. The number of fused-ring (bicyclic) bond motifs is 1. The van der Waals surface area contributed by atoms with E-state index in [0.717, 1.165) is 30.4 Å². The highest BCUT2D eigenvalue weighted by molar-refractivity contribution is 6.32. The Labute approximate surface area is 97.7 Å². The maximum Gasteiger partial charge on any atom is 0.157 e. The molecule has 1 unspecified atom stereocenters. The Morgan fingerprint density at radius 2 is 1.93 bits per heavy atom. The molecule has 1 spiro atoms. The Hall–Kier alpha value is -0.380. The maximum atomic E-state index is 6.05. The van der Waals surface area contributed by atoms with E-state index >= 15 is 0 Å². The number of rotatable bonds is 0. The third-order valence-corrected chi connectivity index (χ3v) is 3.74. The van der Waals surface area contributed by atoms with Crippen molar-refractivity contribution in [1.29, 1.82) is 0 Å². The smallest absolute Gasteiger partial charge is 0.157 e. The van der Waals surface area contributed by atoms with E-state index in [1.807, 2.05) is 6.92 Å². The third-order valence-electron chi connectivity index (χ3n) is 3.16. The SMILES string of the molecule is CC1OC2(CC2)Cc2c(Cl)nnc(Cl)c21. The van der Waals surface area contributed by atoms with Gasteiger partial charge in [0.05, 0.1) is 11.7 Å². The van der Waals surface area contributed by atoms with E-state index in [1.54, 1.807) is 0 Å². The van der Waals surface area contributed by atoms with Crippen LogP contribution in [0.4, 0.5) is 0 Å². The predicted octanol–water partition coefficient (Wildman–Crippen LogP) is 2.95. The van der Waals surface area contributed by atoms with Crippen LogP contribution >= 0.6 is 23.2 Å². The second-order valence-corrected chi connectivity index (χ2v) is 5.01. The highest BCUT2D eigenvalue weighted by Gasteiger charge is 2.49. The molecule has 0 amide bonds. The molecule has 0 bridgehead atoms. The largest absolute Gasteiger partial charge is 0.367 e. The molecule has 0 saturated heterocycles. The molecular formula is C10H10Cl2N2O. The molecule has 1 aliphatic heterocycles. The lowest BCUT2D eigenvalue weighted by Crippen LogP contribution is -2.27. The molecule has 0 aromatic carbocycles. The summed E-state index contributed by atoms with van der Waals surface area (Å²) in [6.45, 7) is 1.99. The zero-order valence-corrected chi connectivity index (χ0v) is 9.77. The van der Waals surface area contributed by atoms with Gasteiger partial charge in [-0.15, -0.1) is 10.2 Å². The van der Waals surface area contributed by atoms with E-state index in [0.29, 0.717) is 10.3 Å². The van der Waals surface area contributed by atoms with Crippen LogP contribution < -0.4 is 0 Å². The first kappa shape index (κ1) is 9.82. The number of aromatic nitrogens is 2. The second kappa shape index (κ2) is 3.06. The van der Waals surface area contributed by atoms with Gasteiger partial charge >= 0.3 is 0 Å². The van der Waals surface area contributed by atoms with Gasteiger partial charge < -0.3 is 4.74 Å². The van der Waals surface area contributed by atoms with Gasteiger partial charge in [0.1, 0.15) is 0 Å². The number of nitrogens with zero attached hydrogens (tertiary/aromatic N) is 2. The summed E-state index contributed by atoms with van der Waals surface area (Å²) in [5.74, 6) is 0. The van der Waals surface area contributed by atoms with Crippen LogP contribution in [0.1, 0.15) is 37.0 Å². The van der Waals surface area contributed by atoms with Crippen LogP contribution in [-0.4, -0.2) is 15.8 Å². The molecule has 1 saturated carbocycles. The standard InChI is InChI=1S/C10H10Cl2N2O/c1-5-7-6(4-10(15-5)2-3-10)8(11)13-14-9(7)12/h5H,2-4H2,1H3. The van der Waals surface area contributed by atoms with Crippen LogP contribution in [0.15, 0.2) is 0 Å². The Morgan fingerprint density at radius 1 is 1.27 bits per heavy atom. The van der Waals surface area contributed by atoms with Gasteiger partial charge in [0.25, 0.3) is 0 Å². The van der Waals surface area contributed by atoms with Gasteiger partial charge in [-0.1, -0.05) is 23.2 Å². The van der Waals surface area contributed by atoms with Crippen molar-refractivity contribution < 1.29 is 4.74 Å². The van der Waals surface area contributed by atoms with Crippen molar-refractivity contribution >= 4 is 23.2 Å². The summed E-state index contributed by atoms with van der Waals surface area (Å²) in [7, 11) is 0. The summed E-state index contributed by atoms with van der Waals surface area (Å²) in [5, 5.41) is 8.54. The molecule has 0 N–H and O–H groups in total. The maximum absolute atomic E-state index is 6.05. The molecule has 1 aliphatic carbocycles. The fraction of sp³-hybridized carbons (Fsp3) is 0.600. The fourth-order valence-electron chi connectivity index (χ4n) is 2.25. The Kier molecular flexibility index (Phi) is 2.00. The monoisotopic (exact) mass is 244 g/mol. The van der Waals surface area contributed by atoms with Crippen molar-refractivity contribution in [2.45, 2.75) is 37.9 Å². The Morgan fingerprint density at radius 3 is 2.60 bits per heavy atom. The minimum absolute atomic E-state index is 0.0163. The van der Waals surface area contributed by atoms with E-state index < -0.39 is 0 Å². The second-order valence-electron chi connectivity index (χ2n) is 4.29. The van der Waals surface area contributed by atoms with Crippen LogP contribution in [0.2, 0.25) is 10.3 Å². The molecule has 1 aromatic heterocycles. The van der Waals surface area contributed by atoms with E-state index in [2.05, 4.69) is 10.2 Å². The molecule has 80 valence electrons. The highest BCUT2D eigenvalue weighted by atomic mass is 35.5. The van der Waals surface area contributed by atoms with Gasteiger partial charge in [-0.2, -0.15) is 0 Å². The quantitative estimate of drug-likeness (QED) is 0.704. The average Bonchev–Trinajstić information content (AvgIpc) is 2.91.